The third-order valence-corrected chi connectivity index (χ3v) is 4.15. The highest BCUT2D eigenvalue weighted by atomic mass is 35.5. The number of aryl methyl sites for hydroxylation is 1. The van der Waals surface area contributed by atoms with E-state index >= 15 is 0 Å². The van der Waals surface area contributed by atoms with E-state index in [2.05, 4.69) is 36.5 Å². The second kappa shape index (κ2) is 7.01. The Bertz CT molecular complexity index is 567. The van der Waals surface area contributed by atoms with E-state index in [1.165, 1.54) is 5.56 Å². The average molecular weight is 308 g/mol. The van der Waals surface area contributed by atoms with Gasteiger partial charge < -0.3 is 5.32 Å². The number of hydrogen-bond donors (Lipinski definition) is 1. The minimum atomic E-state index is 0.341. The van der Waals surface area contributed by atoms with Crippen molar-refractivity contribution in [3.63, 3.8) is 0 Å². The fraction of sp³-hybridized carbons (Fsp3) is 0.294. The van der Waals surface area contributed by atoms with Crippen LogP contribution in [0.5, 0.6) is 0 Å². The lowest BCUT2D eigenvalue weighted by Gasteiger charge is -2.20. The van der Waals surface area contributed by atoms with Crippen LogP contribution < -0.4 is 5.32 Å². The van der Waals surface area contributed by atoms with Gasteiger partial charge in [-0.3, -0.25) is 0 Å². The lowest BCUT2D eigenvalue weighted by atomic mass is 10.0. The molecule has 3 heteroatoms. The molecular weight excluding hydrogens is 289 g/mol. The van der Waals surface area contributed by atoms with Crippen LogP contribution in [0, 0.1) is 6.92 Å². The smallest absolute Gasteiger partial charge is 0.0641 e. The first-order valence-corrected chi connectivity index (χ1v) is 7.62. The van der Waals surface area contributed by atoms with E-state index in [4.69, 9.17) is 23.2 Å². The van der Waals surface area contributed by atoms with Crippen molar-refractivity contribution < 1.29 is 0 Å². The van der Waals surface area contributed by atoms with Crippen LogP contribution in [0.15, 0.2) is 42.5 Å². The molecule has 2 aromatic rings. The monoisotopic (exact) mass is 307 g/mol. The van der Waals surface area contributed by atoms with Crippen molar-refractivity contribution in [1.82, 2.24) is 0 Å². The minimum Gasteiger partial charge on any atom is -0.381 e. The zero-order valence-corrected chi connectivity index (χ0v) is 13.3. The molecule has 0 aliphatic carbocycles. The molecular formula is C17H19Cl2N. The zero-order valence-electron chi connectivity index (χ0n) is 11.8. The molecule has 20 heavy (non-hydrogen) atoms. The molecule has 0 spiro atoms. The maximum atomic E-state index is 6.28. The maximum Gasteiger partial charge on any atom is 0.0641 e. The second-order valence-electron chi connectivity index (χ2n) is 5.02. The van der Waals surface area contributed by atoms with Crippen LogP contribution >= 0.6 is 23.2 Å². The Hall–Kier alpha value is -1.18. The van der Waals surface area contributed by atoms with Gasteiger partial charge in [-0.15, -0.1) is 0 Å². The van der Waals surface area contributed by atoms with Crippen molar-refractivity contribution in [3.8, 4) is 0 Å². The molecule has 1 nitrogen and oxygen atoms in total. The van der Waals surface area contributed by atoms with Crippen LogP contribution in [-0.4, -0.2) is 6.04 Å². The minimum absolute atomic E-state index is 0.341. The fourth-order valence-corrected chi connectivity index (χ4v) is 2.61. The predicted octanol–water partition coefficient (Wildman–Crippen LogP) is 5.74. The largest absolute Gasteiger partial charge is 0.381 e. The molecule has 2 rings (SSSR count). The van der Waals surface area contributed by atoms with E-state index in [-0.39, 0.29) is 0 Å². The standard InChI is InChI=1S/C17H19Cl2N/c1-3-14(10-13-7-5-4-6-8-13)20-17-11-15(18)12(2)9-16(17)19/h4-9,11,14,20H,3,10H2,1-2H3. The summed E-state index contributed by atoms with van der Waals surface area (Å²) in [5.41, 5.74) is 3.23. The molecule has 0 aliphatic rings. The van der Waals surface area contributed by atoms with Crippen LogP contribution in [0.3, 0.4) is 0 Å². The van der Waals surface area contributed by atoms with Crippen molar-refractivity contribution in [2.24, 2.45) is 0 Å². The van der Waals surface area contributed by atoms with Gasteiger partial charge in [-0.1, -0.05) is 60.5 Å². The van der Waals surface area contributed by atoms with Crippen LogP contribution in [0.2, 0.25) is 10.0 Å². The van der Waals surface area contributed by atoms with Gasteiger partial charge in [0.25, 0.3) is 0 Å². The highest BCUT2D eigenvalue weighted by molar-refractivity contribution is 6.35. The molecule has 0 aromatic heterocycles. The summed E-state index contributed by atoms with van der Waals surface area (Å²) < 4.78 is 0. The molecule has 2 aromatic carbocycles. The first-order valence-electron chi connectivity index (χ1n) is 6.86. The van der Waals surface area contributed by atoms with Crippen LogP contribution in [-0.2, 0) is 6.42 Å². The Labute approximate surface area is 130 Å². The third-order valence-electron chi connectivity index (χ3n) is 3.43. The summed E-state index contributed by atoms with van der Waals surface area (Å²) in [5, 5.41) is 4.96. The number of rotatable bonds is 5. The number of anilines is 1. The first-order chi connectivity index (χ1) is 9.60. The number of halogens is 2. The van der Waals surface area contributed by atoms with Gasteiger partial charge in [-0.25, -0.2) is 0 Å². The highest BCUT2D eigenvalue weighted by Gasteiger charge is 2.11. The van der Waals surface area contributed by atoms with Gasteiger partial charge in [0.05, 0.1) is 10.7 Å². The topological polar surface area (TPSA) is 12.0 Å². The van der Waals surface area contributed by atoms with Gasteiger partial charge in [0.2, 0.25) is 0 Å². The van der Waals surface area contributed by atoms with E-state index in [0.29, 0.717) is 6.04 Å². The summed E-state index contributed by atoms with van der Waals surface area (Å²) in [6, 6.07) is 14.6. The molecule has 0 amide bonds. The zero-order chi connectivity index (χ0) is 14.5. The van der Waals surface area contributed by atoms with Crippen LogP contribution in [0.25, 0.3) is 0 Å². The van der Waals surface area contributed by atoms with Crippen molar-refractivity contribution in [2.75, 3.05) is 5.32 Å². The molecule has 1 N–H and O–H groups in total. The van der Waals surface area contributed by atoms with Crippen LogP contribution in [0.4, 0.5) is 5.69 Å². The summed E-state index contributed by atoms with van der Waals surface area (Å²) in [7, 11) is 0. The van der Waals surface area contributed by atoms with Gasteiger partial charge in [-0.05, 0) is 43.0 Å². The Morgan fingerprint density at radius 1 is 1.05 bits per heavy atom. The SMILES string of the molecule is CCC(Cc1ccccc1)Nc1cc(Cl)c(C)cc1Cl. The highest BCUT2D eigenvalue weighted by Crippen LogP contribution is 2.29. The molecule has 0 saturated heterocycles. The number of nitrogens with one attached hydrogen (secondary N) is 1. The van der Waals surface area contributed by atoms with Gasteiger partial charge in [0.1, 0.15) is 0 Å². The Morgan fingerprint density at radius 3 is 2.40 bits per heavy atom. The van der Waals surface area contributed by atoms with Crippen molar-refractivity contribution in [2.45, 2.75) is 32.7 Å². The van der Waals surface area contributed by atoms with E-state index in [1.54, 1.807) is 0 Å². The summed E-state index contributed by atoms with van der Waals surface area (Å²) >= 11 is 12.5. The van der Waals surface area contributed by atoms with E-state index in [9.17, 15) is 0 Å². The molecule has 0 saturated carbocycles. The molecule has 106 valence electrons. The van der Waals surface area contributed by atoms with E-state index in [0.717, 1.165) is 34.1 Å². The third kappa shape index (κ3) is 3.91. The van der Waals surface area contributed by atoms with Crippen LogP contribution in [0.1, 0.15) is 24.5 Å². The lowest BCUT2D eigenvalue weighted by molar-refractivity contribution is 0.690. The van der Waals surface area contributed by atoms with Gasteiger partial charge >= 0.3 is 0 Å². The Balaban J connectivity index is 2.12. The summed E-state index contributed by atoms with van der Waals surface area (Å²) in [6.07, 6.45) is 2.00. The average Bonchev–Trinajstić information content (AvgIpc) is 2.45. The summed E-state index contributed by atoms with van der Waals surface area (Å²) in [4.78, 5) is 0. The predicted molar refractivity (Wildman–Crippen MR) is 89.0 cm³/mol. The lowest BCUT2D eigenvalue weighted by Crippen LogP contribution is -2.21. The number of hydrogen-bond acceptors (Lipinski definition) is 1. The molecule has 0 bridgehead atoms. The molecule has 0 fully saturated rings. The van der Waals surface area contributed by atoms with E-state index in [1.807, 2.05) is 25.1 Å². The van der Waals surface area contributed by atoms with Gasteiger partial charge in [0.15, 0.2) is 0 Å². The normalized spacial score (nSPS) is 12.2. The van der Waals surface area contributed by atoms with Crippen molar-refractivity contribution >= 4 is 28.9 Å². The van der Waals surface area contributed by atoms with Gasteiger partial charge in [-0.2, -0.15) is 0 Å². The quantitative estimate of drug-likeness (QED) is 0.743. The fourth-order valence-electron chi connectivity index (χ4n) is 2.17. The first kappa shape index (κ1) is 15.2. The second-order valence-corrected chi connectivity index (χ2v) is 5.83. The maximum absolute atomic E-state index is 6.28. The van der Waals surface area contributed by atoms with Gasteiger partial charge in [0, 0.05) is 11.1 Å². The van der Waals surface area contributed by atoms with Crippen molar-refractivity contribution in [1.29, 1.82) is 0 Å². The number of benzene rings is 2. The molecule has 1 unspecified atom stereocenters. The molecule has 0 radical (unpaired) electrons. The Morgan fingerprint density at radius 2 is 1.75 bits per heavy atom. The molecule has 0 aliphatic heterocycles. The summed E-state index contributed by atoms with van der Waals surface area (Å²) in [6.45, 7) is 4.13. The molecule has 1 atom stereocenters. The van der Waals surface area contributed by atoms with Crippen molar-refractivity contribution in [3.05, 3.63) is 63.6 Å². The Kier molecular flexibility index (Phi) is 5.33. The molecule has 0 heterocycles. The summed E-state index contributed by atoms with van der Waals surface area (Å²) in [5.74, 6) is 0. The van der Waals surface area contributed by atoms with E-state index < -0.39 is 0 Å².